The number of halogens is 2. The van der Waals surface area contributed by atoms with Gasteiger partial charge in [-0.3, -0.25) is 0 Å². The summed E-state index contributed by atoms with van der Waals surface area (Å²) in [5.41, 5.74) is 0. The maximum atomic E-state index is 9.38. The molecule has 0 aromatic heterocycles. The standard InChI is InChI=1S/C8H19OP.2ClH.Ir/c1-3-5-7-10(9)8-6-4-2;;;/h9H,3-8H2,1-2H3;2*1H;. The molecular formula is C8H21Cl2IrOP. The minimum Gasteiger partial charge on any atom is -0.374 e. The Kier molecular flexibility index (Phi) is 35.6. The molecule has 0 atom stereocenters. The molecule has 0 unspecified atom stereocenters. The Balaban J connectivity index is -0.000000135. The summed E-state index contributed by atoms with van der Waals surface area (Å²) in [6.45, 7) is 4.34. The Morgan fingerprint density at radius 3 is 1.46 bits per heavy atom. The van der Waals surface area contributed by atoms with Crippen LogP contribution in [-0.2, 0) is 20.1 Å². The van der Waals surface area contributed by atoms with E-state index in [1.54, 1.807) is 0 Å². The van der Waals surface area contributed by atoms with E-state index in [9.17, 15) is 4.89 Å². The second-order valence-corrected chi connectivity index (χ2v) is 4.57. The Hall–Kier alpha value is 1.62. The molecule has 0 saturated heterocycles. The molecule has 1 radical (unpaired) electrons. The summed E-state index contributed by atoms with van der Waals surface area (Å²) in [5.74, 6) is 0. The van der Waals surface area contributed by atoms with E-state index >= 15 is 0 Å². The van der Waals surface area contributed by atoms with Crippen LogP contribution in [0, 0.1) is 0 Å². The van der Waals surface area contributed by atoms with Crippen molar-refractivity contribution in [1.29, 1.82) is 0 Å². The SMILES string of the molecule is CCCCP(O)CCCC.Cl.Cl.[Ir]. The molecular weight excluding hydrogens is 406 g/mol. The molecule has 0 fully saturated rings. The molecule has 0 aromatic carbocycles. The van der Waals surface area contributed by atoms with E-state index in [0.29, 0.717) is 0 Å². The molecule has 87 valence electrons. The van der Waals surface area contributed by atoms with Crippen LogP contribution in [0.4, 0.5) is 0 Å². The van der Waals surface area contributed by atoms with Crippen LogP contribution in [0.5, 0.6) is 0 Å². The minimum atomic E-state index is -0.592. The smallest absolute Gasteiger partial charge is 0.0251 e. The van der Waals surface area contributed by atoms with E-state index in [-0.39, 0.29) is 44.9 Å². The van der Waals surface area contributed by atoms with E-state index in [4.69, 9.17) is 0 Å². The summed E-state index contributed by atoms with van der Waals surface area (Å²) in [7, 11) is -0.592. The summed E-state index contributed by atoms with van der Waals surface area (Å²) in [6.07, 6.45) is 6.95. The van der Waals surface area contributed by atoms with Crippen LogP contribution in [0.1, 0.15) is 39.5 Å². The van der Waals surface area contributed by atoms with Gasteiger partial charge in [-0.25, -0.2) is 0 Å². The molecule has 0 aliphatic carbocycles. The van der Waals surface area contributed by atoms with E-state index in [0.717, 1.165) is 12.3 Å². The Morgan fingerprint density at radius 2 is 1.23 bits per heavy atom. The number of rotatable bonds is 6. The summed E-state index contributed by atoms with van der Waals surface area (Å²) >= 11 is 0. The summed E-state index contributed by atoms with van der Waals surface area (Å²) in [4.78, 5) is 9.38. The van der Waals surface area contributed by atoms with Crippen LogP contribution in [0.3, 0.4) is 0 Å². The summed E-state index contributed by atoms with van der Waals surface area (Å²) in [5, 5.41) is 0. The molecule has 0 heterocycles. The third-order valence-corrected chi connectivity index (χ3v) is 3.20. The first-order valence-electron chi connectivity index (χ1n) is 4.25. The van der Waals surface area contributed by atoms with Gasteiger partial charge in [0.2, 0.25) is 0 Å². The Bertz CT molecular complexity index is 71.2. The average molecular weight is 427 g/mol. The molecule has 0 spiro atoms. The first-order chi connectivity index (χ1) is 4.81. The van der Waals surface area contributed by atoms with Crippen LogP contribution in [0.15, 0.2) is 0 Å². The molecule has 5 heteroatoms. The van der Waals surface area contributed by atoms with Crippen molar-refractivity contribution in [3.05, 3.63) is 0 Å². The topological polar surface area (TPSA) is 20.2 Å². The molecule has 0 rings (SSSR count). The van der Waals surface area contributed by atoms with E-state index < -0.39 is 8.15 Å². The fraction of sp³-hybridized carbons (Fsp3) is 1.00. The van der Waals surface area contributed by atoms with Crippen molar-refractivity contribution >= 4 is 33.0 Å². The Morgan fingerprint density at radius 1 is 0.923 bits per heavy atom. The predicted octanol–water partition coefficient (Wildman–Crippen LogP) is 3.82. The van der Waals surface area contributed by atoms with Gasteiger partial charge in [0.1, 0.15) is 0 Å². The molecule has 0 aliphatic heterocycles. The zero-order valence-corrected chi connectivity index (χ0v) is 13.2. The van der Waals surface area contributed by atoms with E-state index in [2.05, 4.69) is 13.8 Å². The monoisotopic (exact) mass is 427 g/mol. The van der Waals surface area contributed by atoms with Crippen molar-refractivity contribution in [3.8, 4) is 0 Å². The zero-order valence-electron chi connectivity index (χ0n) is 8.29. The third-order valence-electron chi connectivity index (χ3n) is 1.54. The van der Waals surface area contributed by atoms with E-state index in [1.807, 2.05) is 0 Å². The van der Waals surface area contributed by atoms with Gasteiger partial charge >= 0.3 is 0 Å². The quantitative estimate of drug-likeness (QED) is 0.640. The van der Waals surface area contributed by atoms with Gasteiger partial charge in [-0.1, -0.05) is 26.7 Å². The van der Waals surface area contributed by atoms with Crippen LogP contribution in [0.2, 0.25) is 0 Å². The van der Waals surface area contributed by atoms with Gasteiger partial charge in [0.25, 0.3) is 0 Å². The minimum absolute atomic E-state index is 0. The van der Waals surface area contributed by atoms with Crippen molar-refractivity contribution in [2.75, 3.05) is 12.3 Å². The molecule has 0 amide bonds. The molecule has 13 heavy (non-hydrogen) atoms. The first kappa shape index (κ1) is 24.0. The van der Waals surface area contributed by atoms with E-state index in [1.165, 1.54) is 25.7 Å². The number of hydrogen-bond acceptors (Lipinski definition) is 1. The zero-order chi connectivity index (χ0) is 7.82. The van der Waals surface area contributed by atoms with Crippen LogP contribution < -0.4 is 0 Å². The van der Waals surface area contributed by atoms with Gasteiger partial charge in [0, 0.05) is 28.3 Å². The second-order valence-electron chi connectivity index (χ2n) is 2.66. The fourth-order valence-corrected chi connectivity index (χ4v) is 2.38. The van der Waals surface area contributed by atoms with Gasteiger partial charge < -0.3 is 4.89 Å². The Labute approximate surface area is 109 Å². The van der Waals surface area contributed by atoms with Gasteiger partial charge in [-0.15, -0.1) is 24.8 Å². The van der Waals surface area contributed by atoms with Crippen molar-refractivity contribution in [2.45, 2.75) is 39.5 Å². The molecule has 0 aliphatic rings. The molecule has 1 N–H and O–H groups in total. The van der Waals surface area contributed by atoms with Crippen molar-refractivity contribution in [2.24, 2.45) is 0 Å². The first-order valence-corrected chi connectivity index (χ1v) is 5.91. The average Bonchev–Trinajstić information content (AvgIpc) is 1.97. The van der Waals surface area contributed by atoms with Crippen LogP contribution in [0.25, 0.3) is 0 Å². The predicted molar refractivity (Wildman–Crippen MR) is 63.2 cm³/mol. The number of unbranched alkanes of at least 4 members (excludes halogenated alkanes) is 2. The molecule has 0 saturated carbocycles. The van der Waals surface area contributed by atoms with Crippen LogP contribution in [-0.4, -0.2) is 17.2 Å². The van der Waals surface area contributed by atoms with Crippen molar-refractivity contribution < 1.29 is 25.0 Å². The van der Waals surface area contributed by atoms with Gasteiger partial charge in [0.05, 0.1) is 0 Å². The third kappa shape index (κ3) is 19.9. The van der Waals surface area contributed by atoms with Crippen molar-refractivity contribution in [3.63, 3.8) is 0 Å². The van der Waals surface area contributed by atoms with Gasteiger partial charge in [-0.2, -0.15) is 0 Å². The maximum absolute atomic E-state index is 9.38. The van der Waals surface area contributed by atoms with Gasteiger partial charge in [0.15, 0.2) is 0 Å². The maximum Gasteiger partial charge on any atom is 0.0251 e. The fourth-order valence-electron chi connectivity index (χ4n) is 0.793. The molecule has 0 bridgehead atoms. The second kappa shape index (κ2) is 19.2. The largest absolute Gasteiger partial charge is 0.374 e. The summed E-state index contributed by atoms with van der Waals surface area (Å²) in [6, 6.07) is 0. The molecule has 0 aromatic rings. The number of hydrogen-bond donors (Lipinski definition) is 1. The van der Waals surface area contributed by atoms with Crippen LogP contribution >= 0.6 is 33.0 Å². The summed E-state index contributed by atoms with van der Waals surface area (Å²) < 4.78 is 0. The normalized spacial score (nSPS) is 8.31. The van der Waals surface area contributed by atoms with Crippen molar-refractivity contribution in [1.82, 2.24) is 0 Å². The molecule has 1 nitrogen and oxygen atoms in total. The van der Waals surface area contributed by atoms with Gasteiger partial charge in [-0.05, 0) is 25.2 Å².